The number of fused-ring (bicyclic) bond motifs is 1. The van der Waals surface area contributed by atoms with Gasteiger partial charge in [-0.1, -0.05) is 0 Å². The minimum absolute atomic E-state index is 0.0494. The maximum atomic E-state index is 5.21. The number of rotatable bonds is 3. The lowest BCUT2D eigenvalue weighted by molar-refractivity contribution is 0.415. The number of ether oxygens (including phenoxy) is 1. The van der Waals surface area contributed by atoms with Crippen LogP contribution in [0.4, 0.5) is 0 Å². The van der Waals surface area contributed by atoms with E-state index in [9.17, 15) is 0 Å². The van der Waals surface area contributed by atoms with Crippen molar-refractivity contribution in [2.75, 3.05) is 14.2 Å². The van der Waals surface area contributed by atoms with Crippen molar-refractivity contribution in [3.8, 4) is 5.75 Å². The van der Waals surface area contributed by atoms with Crippen LogP contribution in [0.25, 0.3) is 10.9 Å². The van der Waals surface area contributed by atoms with Gasteiger partial charge in [-0.05, 0) is 44.5 Å². The Balaban J connectivity index is 2.52. The number of nitrogens with one attached hydrogen (secondary N) is 2. The standard InChI is InChI=1S/C13H18N2O/c1-13(2,14-3)12-7-9-5-6-10(16-4)8-11(9)15-12/h5-8,14-15H,1-4H3. The highest BCUT2D eigenvalue weighted by atomic mass is 16.5. The molecule has 86 valence electrons. The molecule has 2 N–H and O–H groups in total. The molecule has 0 aliphatic heterocycles. The van der Waals surface area contributed by atoms with Crippen molar-refractivity contribution in [2.45, 2.75) is 19.4 Å². The fourth-order valence-electron chi connectivity index (χ4n) is 1.70. The normalized spacial score (nSPS) is 12.0. The molecule has 0 amide bonds. The van der Waals surface area contributed by atoms with E-state index < -0.39 is 0 Å². The molecule has 0 aliphatic carbocycles. The summed E-state index contributed by atoms with van der Waals surface area (Å²) < 4.78 is 5.21. The van der Waals surface area contributed by atoms with E-state index >= 15 is 0 Å². The molecule has 0 aliphatic rings. The van der Waals surface area contributed by atoms with Gasteiger partial charge in [-0.15, -0.1) is 0 Å². The van der Waals surface area contributed by atoms with E-state index in [1.54, 1.807) is 7.11 Å². The average Bonchev–Trinajstić information content (AvgIpc) is 2.72. The molecular formula is C13H18N2O. The van der Waals surface area contributed by atoms with Gasteiger partial charge in [0.25, 0.3) is 0 Å². The molecule has 0 saturated carbocycles. The average molecular weight is 218 g/mol. The van der Waals surface area contributed by atoms with E-state index in [1.807, 2.05) is 19.2 Å². The maximum Gasteiger partial charge on any atom is 0.120 e. The number of methoxy groups -OCH3 is 1. The van der Waals surface area contributed by atoms with E-state index in [2.05, 4.69) is 36.3 Å². The highest BCUT2D eigenvalue weighted by molar-refractivity contribution is 5.82. The second kappa shape index (κ2) is 3.83. The summed E-state index contributed by atoms with van der Waals surface area (Å²) in [7, 11) is 3.65. The van der Waals surface area contributed by atoms with Gasteiger partial charge in [0.05, 0.1) is 12.6 Å². The van der Waals surface area contributed by atoms with E-state index in [0.29, 0.717) is 0 Å². The van der Waals surface area contributed by atoms with Crippen molar-refractivity contribution in [3.05, 3.63) is 30.0 Å². The molecule has 1 aromatic heterocycles. The van der Waals surface area contributed by atoms with Crippen LogP contribution in [-0.4, -0.2) is 19.1 Å². The zero-order valence-electron chi connectivity index (χ0n) is 10.2. The van der Waals surface area contributed by atoms with Crippen LogP contribution in [0.5, 0.6) is 5.75 Å². The Kier molecular flexibility index (Phi) is 2.64. The minimum atomic E-state index is -0.0494. The van der Waals surface area contributed by atoms with Crippen LogP contribution in [-0.2, 0) is 5.54 Å². The molecule has 0 spiro atoms. The summed E-state index contributed by atoms with van der Waals surface area (Å²) in [6.45, 7) is 4.30. The van der Waals surface area contributed by atoms with Gasteiger partial charge in [-0.25, -0.2) is 0 Å². The Morgan fingerprint density at radius 1 is 1.25 bits per heavy atom. The Bertz CT molecular complexity index is 500. The zero-order valence-corrected chi connectivity index (χ0v) is 10.2. The Hall–Kier alpha value is -1.48. The van der Waals surface area contributed by atoms with E-state index in [1.165, 1.54) is 11.1 Å². The first-order valence-electron chi connectivity index (χ1n) is 5.43. The summed E-state index contributed by atoms with van der Waals surface area (Å²) >= 11 is 0. The van der Waals surface area contributed by atoms with Crippen molar-refractivity contribution in [2.24, 2.45) is 0 Å². The number of H-pyrrole nitrogens is 1. The van der Waals surface area contributed by atoms with Crippen molar-refractivity contribution < 1.29 is 4.74 Å². The molecule has 3 heteroatoms. The van der Waals surface area contributed by atoms with Crippen LogP contribution >= 0.6 is 0 Å². The monoisotopic (exact) mass is 218 g/mol. The Labute approximate surface area is 95.8 Å². The highest BCUT2D eigenvalue weighted by Crippen LogP contribution is 2.26. The first-order valence-corrected chi connectivity index (χ1v) is 5.43. The summed E-state index contributed by atoms with van der Waals surface area (Å²) in [6, 6.07) is 8.24. The number of aromatic nitrogens is 1. The summed E-state index contributed by atoms with van der Waals surface area (Å²) in [5.41, 5.74) is 2.24. The molecular weight excluding hydrogens is 200 g/mol. The van der Waals surface area contributed by atoms with Gasteiger partial charge >= 0.3 is 0 Å². The predicted molar refractivity (Wildman–Crippen MR) is 66.9 cm³/mol. The molecule has 3 nitrogen and oxygen atoms in total. The summed E-state index contributed by atoms with van der Waals surface area (Å²) in [5, 5.41) is 4.49. The SMILES string of the molecule is CNC(C)(C)c1cc2ccc(OC)cc2[nH]1. The van der Waals surface area contributed by atoms with Gasteiger partial charge in [0, 0.05) is 17.3 Å². The molecule has 2 aromatic rings. The van der Waals surface area contributed by atoms with Gasteiger partial charge < -0.3 is 15.0 Å². The maximum absolute atomic E-state index is 5.21. The van der Waals surface area contributed by atoms with Crippen LogP contribution in [0.15, 0.2) is 24.3 Å². The van der Waals surface area contributed by atoms with Crippen molar-refractivity contribution in [1.82, 2.24) is 10.3 Å². The number of hydrogen-bond donors (Lipinski definition) is 2. The molecule has 2 rings (SSSR count). The van der Waals surface area contributed by atoms with E-state index in [-0.39, 0.29) is 5.54 Å². The first-order chi connectivity index (χ1) is 7.56. The lowest BCUT2D eigenvalue weighted by Crippen LogP contribution is -2.33. The van der Waals surface area contributed by atoms with Gasteiger partial charge in [0.2, 0.25) is 0 Å². The first kappa shape index (κ1) is 11.0. The molecule has 1 heterocycles. The lowest BCUT2D eigenvalue weighted by Gasteiger charge is -2.22. The molecule has 0 atom stereocenters. The van der Waals surface area contributed by atoms with Crippen LogP contribution in [0.1, 0.15) is 19.5 Å². The largest absolute Gasteiger partial charge is 0.497 e. The Morgan fingerprint density at radius 2 is 2.00 bits per heavy atom. The molecule has 0 unspecified atom stereocenters. The predicted octanol–water partition coefficient (Wildman–Crippen LogP) is 2.63. The molecule has 0 saturated heterocycles. The number of aromatic amines is 1. The molecule has 1 aromatic carbocycles. The second-order valence-electron chi connectivity index (χ2n) is 4.51. The third-order valence-electron chi connectivity index (χ3n) is 3.13. The molecule has 16 heavy (non-hydrogen) atoms. The smallest absolute Gasteiger partial charge is 0.120 e. The van der Waals surface area contributed by atoms with Gasteiger partial charge in [0.15, 0.2) is 0 Å². The molecule has 0 fully saturated rings. The Morgan fingerprint density at radius 3 is 2.62 bits per heavy atom. The zero-order chi connectivity index (χ0) is 11.8. The highest BCUT2D eigenvalue weighted by Gasteiger charge is 2.19. The fourth-order valence-corrected chi connectivity index (χ4v) is 1.70. The lowest BCUT2D eigenvalue weighted by atomic mass is 10.0. The second-order valence-corrected chi connectivity index (χ2v) is 4.51. The van der Waals surface area contributed by atoms with Gasteiger partial charge in [-0.3, -0.25) is 0 Å². The third-order valence-corrected chi connectivity index (χ3v) is 3.13. The fraction of sp³-hybridized carbons (Fsp3) is 0.385. The summed E-state index contributed by atoms with van der Waals surface area (Å²) in [4.78, 5) is 3.42. The minimum Gasteiger partial charge on any atom is -0.497 e. The van der Waals surface area contributed by atoms with Crippen molar-refractivity contribution in [1.29, 1.82) is 0 Å². The number of hydrogen-bond acceptors (Lipinski definition) is 2. The molecule has 0 radical (unpaired) electrons. The third kappa shape index (κ3) is 1.78. The van der Waals surface area contributed by atoms with Crippen LogP contribution in [0, 0.1) is 0 Å². The molecule has 0 bridgehead atoms. The topological polar surface area (TPSA) is 37.0 Å². The number of benzene rings is 1. The van der Waals surface area contributed by atoms with E-state index in [0.717, 1.165) is 11.3 Å². The van der Waals surface area contributed by atoms with Crippen LogP contribution < -0.4 is 10.1 Å². The quantitative estimate of drug-likeness (QED) is 0.831. The van der Waals surface area contributed by atoms with Gasteiger partial charge in [-0.2, -0.15) is 0 Å². The summed E-state index contributed by atoms with van der Waals surface area (Å²) in [6.07, 6.45) is 0. The van der Waals surface area contributed by atoms with Crippen molar-refractivity contribution >= 4 is 10.9 Å². The van der Waals surface area contributed by atoms with E-state index in [4.69, 9.17) is 4.74 Å². The van der Waals surface area contributed by atoms with Gasteiger partial charge in [0.1, 0.15) is 5.75 Å². The van der Waals surface area contributed by atoms with Crippen LogP contribution in [0.2, 0.25) is 0 Å². The van der Waals surface area contributed by atoms with Crippen molar-refractivity contribution in [3.63, 3.8) is 0 Å². The van der Waals surface area contributed by atoms with Crippen LogP contribution in [0.3, 0.4) is 0 Å². The summed E-state index contributed by atoms with van der Waals surface area (Å²) in [5.74, 6) is 0.878.